The summed E-state index contributed by atoms with van der Waals surface area (Å²) < 4.78 is 1.78. The molecule has 2 fully saturated rings. The topological polar surface area (TPSA) is 67.2 Å². The van der Waals surface area contributed by atoms with Gasteiger partial charge in [-0.3, -0.25) is 4.79 Å². The van der Waals surface area contributed by atoms with Crippen molar-refractivity contribution in [3.63, 3.8) is 0 Å². The molecule has 116 valence electrons. The third kappa shape index (κ3) is 2.88. The van der Waals surface area contributed by atoms with Crippen LogP contribution in [-0.4, -0.2) is 27.5 Å². The third-order valence-corrected chi connectivity index (χ3v) is 5.88. The van der Waals surface area contributed by atoms with E-state index in [1.807, 2.05) is 0 Å². The van der Waals surface area contributed by atoms with Gasteiger partial charge in [-0.25, -0.2) is 4.68 Å². The summed E-state index contributed by atoms with van der Waals surface area (Å²) in [5.74, 6) is 2.47. The van der Waals surface area contributed by atoms with Gasteiger partial charge in [0.25, 0.3) is 5.56 Å². The van der Waals surface area contributed by atoms with Crippen LogP contribution in [0.3, 0.4) is 0 Å². The molecule has 1 aromatic heterocycles. The van der Waals surface area contributed by atoms with Crippen LogP contribution in [0.4, 0.5) is 5.69 Å². The Bertz CT molecular complexity index is 575. The smallest absolute Gasteiger partial charge is 0.283 e. The molecule has 21 heavy (non-hydrogen) atoms. The molecule has 1 heterocycles. The Morgan fingerprint density at radius 2 is 2.33 bits per heavy atom. The molecule has 0 saturated heterocycles. The van der Waals surface area contributed by atoms with Crippen molar-refractivity contribution in [1.29, 1.82) is 0 Å². The molecule has 5 nitrogen and oxygen atoms in total. The molecule has 0 aromatic carbocycles. The van der Waals surface area contributed by atoms with E-state index in [2.05, 4.69) is 33.3 Å². The lowest BCUT2D eigenvalue weighted by atomic mass is 9.84. The summed E-state index contributed by atoms with van der Waals surface area (Å²) in [6, 6.07) is 0.353. The number of aromatic nitrogens is 2. The average Bonchev–Trinajstić information content (AvgIpc) is 3.09. The Morgan fingerprint density at radius 1 is 1.52 bits per heavy atom. The van der Waals surface area contributed by atoms with Crippen LogP contribution in [0.25, 0.3) is 0 Å². The number of anilines is 1. The van der Waals surface area contributed by atoms with Crippen molar-refractivity contribution in [3.8, 4) is 0 Å². The summed E-state index contributed by atoms with van der Waals surface area (Å²) in [5, 5.41) is 16.5. The second kappa shape index (κ2) is 6.08. The quantitative estimate of drug-likeness (QED) is 0.849. The van der Waals surface area contributed by atoms with Crippen LogP contribution < -0.4 is 10.9 Å². The number of hydrogen-bond donors (Lipinski definition) is 2. The number of nitrogens with zero attached hydrogens (tertiary/aromatic N) is 2. The van der Waals surface area contributed by atoms with Gasteiger partial charge < -0.3 is 10.4 Å². The van der Waals surface area contributed by atoms with Gasteiger partial charge in [-0.05, 0) is 59.9 Å². The fourth-order valence-electron chi connectivity index (χ4n) is 4.08. The summed E-state index contributed by atoms with van der Waals surface area (Å²) in [4.78, 5) is 12.1. The zero-order chi connectivity index (χ0) is 15.0. The molecule has 1 aromatic rings. The van der Waals surface area contributed by atoms with Crippen LogP contribution in [0.15, 0.2) is 15.5 Å². The average molecular weight is 356 g/mol. The van der Waals surface area contributed by atoms with E-state index in [9.17, 15) is 4.79 Å². The molecule has 3 rings (SSSR count). The van der Waals surface area contributed by atoms with Crippen molar-refractivity contribution < 1.29 is 5.11 Å². The number of aliphatic hydroxyl groups is 1. The zero-order valence-corrected chi connectivity index (χ0v) is 13.8. The van der Waals surface area contributed by atoms with Gasteiger partial charge >= 0.3 is 0 Å². The maximum atomic E-state index is 12.1. The molecular formula is C15H22BrN3O2. The Morgan fingerprint density at radius 3 is 2.95 bits per heavy atom. The number of halogens is 1. The van der Waals surface area contributed by atoms with Gasteiger partial charge in [0.05, 0.1) is 25.0 Å². The Labute approximate surface area is 132 Å². The molecule has 4 atom stereocenters. The van der Waals surface area contributed by atoms with E-state index in [-0.39, 0.29) is 18.7 Å². The second-order valence-electron chi connectivity index (χ2n) is 6.40. The molecule has 2 N–H and O–H groups in total. The second-order valence-corrected chi connectivity index (χ2v) is 7.19. The van der Waals surface area contributed by atoms with E-state index in [0.29, 0.717) is 16.4 Å². The van der Waals surface area contributed by atoms with Gasteiger partial charge in [0.15, 0.2) is 0 Å². The maximum absolute atomic E-state index is 12.1. The molecule has 2 saturated carbocycles. The Balaban J connectivity index is 1.73. The van der Waals surface area contributed by atoms with Gasteiger partial charge in [0.1, 0.15) is 4.47 Å². The number of rotatable bonds is 5. The number of hydrogen-bond acceptors (Lipinski definition) is 4. The van der Waals surface area contributed by atoms with Crippen molar-refractivity contribution >= 4 is 21.6 Å². The Hall–Kier alpha value is -0.880. The summed E-state index contributed by atoms with van der Waals surface area (Å²) in [6.45, 7) is 2.34. The Kier molecular flexibility index (Phi) is 4.36. The van der Waals surface area contributed by atoms with Crippen LogP contribution in [-0.2, 0) is 6.54 Å². The van der Waals surface area contributed by atoms with Crippen molar-refractivity contribution in [1.82, 2.24) is 9.78 Å². The molecule has 2 aliphatic carbocycles. The van der Waals surface area contributed by atoms with Crippen LogP contribution in [0.1, 0.15) is 32.6 Å². The molecule has 0 amide bonds. The summed E-state index contributed by atoms with van der Waals surface area (Å²) in [5.41, 5.74) is 0.554. The normalized spacial score (nSPS) is 28.8. The highest BCUT2D eigenvalue weighted by molar-refractivity contribution is 9.10. The minimum Gasteiger partial charge on any atom is -0.394 e. The van der Waals surface area contributed by atoms with Crippen LogP contribution in [0, 0.1) is 17.8 Å². The van der Waals surface area contributed by atoms with E-state index in [1.54, 1.807) is 6.20 Å². The fourth-order valence-corrected chi connectivity index (χ4v) is 4.50. The van der Waals surface area contributed by atoms with Gasteiger partial charge in [-0.1, -0.05) is 6.42 Å². The summed E-state index contributed by atoms with van der Waals surface area (Å²) in [6.07, 6.45) is 7.12. The zero-order valence-electron chi connectivity index (χ0n) is 12.3. The SMILES string of the molecule is CC(Nc1cnn(CCO)c(=O)c1Br)C1CC2CCC1C2. The van der Waals surface area contributed by atoms with E-state index in [1.165, 1.54) is 30.4 Å². The number of aliphatic hydroxyl groups excluding tert-OH is 1. The van der Waals surface area contributed by atoms with Crippen molar-refractivity contribution in [2.75, 3.05) is 11.9 Å². The van der Waals surface area contributed by atoms with Crippen LogP contribution in [0.2, 0.25) is 0 Å². The van der Waals surface area contributed by atoms with E-state index >= 15 is 0 Å². The first-order chi connectivity index (χ1) is 10.1. The van der Waals surface area contributed by atoms with E-state index in [0.717, 1.165) is 17.5 Å². The highest BCUT2D eigenvalue weighted by Crippen LogP contribution is 2.49. The van der Waals surface area contributed by atoms with Gasteiger partial charge in [0.2, 0.25) is 0 Å². The summed E-state index contributed by atoms with van der Waals surface area (Å²) in [7, 11) is 0. The number of fused-ring (bicyclic) bond motifs is 2. The van der Waals surface area contributed by atoms with Gasteiger partial charge in [-0.15, -0.1) is 0 Å². The standard InChI is InChI=1S/C15H22BrN3O2/c1-9(12-7-10-2-3-11(12)6-10)18-13-8-17-19(4-5-20)15(21)14(13)16/h8-12,18,20H,2-7H2,1H3. The van der Waals surface area contributed by atoms with E-state index in [4.69, 9.17) is 5.11 Å². The predicted octanol–water partition coefficient (Wildman–Crippen LogP) is 2.23. The van der Waals surface area contributed by atoms with Crippen molar-refractivity contribution in [2.24, 2.45) is 17.8 Å². The molecular weight excluding hydrogens is 334 g/mol. The lowest BCUT2D eigenvalue weighted by molar-refractivity contribution is 0.266. The molecule has 6 heteroatoms. The highest BCUT2D eigenvalue weighted by atomic mass is 79.9. The highest BCUT2D eigenvalue weighted by Gasteiger charge is 2.41. The van der Waals surface area contributed by atoms with Crippen LogP contribution in [0.5, 0.6) is 0 Å². The maximum Gasteiger partial charge on any atom is 0.283 e. The monoisotopic (exact) mass is 355 g/mol. The fraction of sp³-hybridized carbons (Fsp3) is 0.733. The largest absolute Gasteiger partial charge is 0.394 e. The first-order valence-electron chi connectivity index (χ1n) is 7.73. The van der Waals surface area contributed by atoms with Crippen molar-refractivity contribution in [2.45, 2.75) is 45.2 Å². The lowest BCUT2D eigenvalue weighted by Crippen LogP contribution is -2.32. The summed E-state index contributed by atoms with van der Waals surface area (Å²) >= 11 is 3.36. The van der Waals surface area contributed by atoms with Gasteiger partial charge in [0, 0.05) is 6.04 Å². The van der Waals surface area contributed by atoms with Crippen LogP contribution >= 0.6 is 15.9 Å². The molecule has 0 aliphatic heterocycles. The molecule has 2 bridgehead atoms. The lowest BCUT2D eigenvalue weighted by Gasteiger charge is -2.29. The number of nitrogens with one attached hydrogen (secondary N) is 1. The molecule has 4 unspecified atom stereocenters. The molecule has 0 spiro atoms. The first kappa shape index (κ1) is 15.0. The molecule has 0 radical (unpaired) electrons. The minimum atomic E-state index is -0.200. The predicted molar refractivity (Wildman–Crippen MR) is 85.3 cm³/mol. The van der Waals surface area contributed by atoms with Crippen molar-refractivity contribution in [3.05, 3.63) is 21.0 Å². The van der Waals surface area contributed by atoms with E-state index < -0.39 is 0 Å². The first-order valence-corrected chi connectivity index (χ1v) is 8.52. The third-order valence-electron chi connectivity index (χ3n) is 5.11. The minimum absolute atomic E-state index is 0.0896. The van der Waals surface area contributed by atoms with Gasteiger partial charge in [-0.2, -0.15) is 5.10 Å². The molecule has 2 aliphatic rings.